The highest BCUT2D eigenvalue weighted by Crippen LogP contribution is 2.29. The number of nitrogens with one attached hydrogen (secondary N) is 1. The molecule has 106 valence electrons. The van der Waals surface area contributed by atoms with Crippen molar-refractivity contribution in [3.05, 3.63) is 0 Å². The van der Waals surface area contributed by atoms with Crippen molar-refractivity contribution in [3.8, 4) is 0 Å². The SMILES string of the molecule is CCC1CCCCCN1CC(C(=N)N)C(F)(F)F. The van der Waals surface area contributed by atoms with E-state index in [-0.39, 0.29) is 12.6 Å². The fourth-order valence-corrected chi connectivity index (χ4v) is 2.55. The molecule has 1 saturated heterocycles. The Morgan fingerprint density at radius 2 is 2.06 bits per heavy atom. The summed E-state index contributed by atoms with van der Waals surface area (Å²) in [7, 11) is 0. The van der Waals surface area contributed by atoms with Crippen LogP contribution in [-0.4, -0.2) is 36.0 Å². The summed E-state index contributed by atoms with van der Waals surface area (Å²) in [5, 5.41) is 7.13. The van der Waals surface area contributed by atoms with Crippen LogP contribution in [0.3, 0.4) is 0 Å². The smallest absolute Gasteiger partial charge is 0.387 e. The summed E-state index contributed by atoms with van der Waals surface area (Å²) in [6.45, 7) is 2.51. The zero-order chi connectivity index (χ0) is 13.8. The number of alkyl halides is 3. The third kappa shape index (κ3) is 4.15. The Labute approximate surface area is 106 Å². The summed E-state index contributed by atoms with van der Waals surface area (Å²) in [5.41, 5.74) is 5.10. The van der Waals surface area contributed by atoms with Crippen LogP contribution in [0.5, 0.6) is 0 Å². The van der Waals surface area contributed by atoms with Crippen molar-refractivity contribution in [3.63, 3.8) is 0 Å². The monoisotopic (exact) mass is 265 g/mol. The van der Waals surface area contributed by atoms with Crippen molar-refractivity contribution >= 4 is 5.84 Å². The molecular weight excluding hydrogens is 243 g/mol. The first-order chi connectivity index (χ1) is 8.36. The Hall–Kier alpha value is -0.780. The zero-order valence-electron chi connectivity index (χ0n) is 10.8. The molecule has 0 aliphatic carbocycles. The predicted octanol–water partition coefficient (Wildman–Crippen LogP) is 2.76. The van der Waals surface area contributed by atoms with Crippen molar-refractivity contribution in [2.45, 2.75) is 51.2 Å². The Kier molecular flexibility index (Phi) is 5.44. The van der Waals surface area contributed by atoms with E-state index >= 15 is 0 Å². The molecule has 2 unspecified atom stereocenters. The topological polar surface area (TPSA) is 53.1 Å². The molecule has 18 heavy (non-hydrogen) atoms. The van der Waals surface area contributed by atoms with E-state index < -0.39 is 17.9 Å². The average molecular weight is 265 g/mol. The molecule has 0 bridgehead atoms. The molecule has 0 radical (unpaired) electrons. The molecule has 1 rings (SSSR count). The van der Waals surface area contributed by atoms with E-state index in [1.807, 2.05) is 11.8 Å². The number of halogens is 3. The van der Waals surface area contributed by atoms with Gasteiger partial charge in [-0.15, -0.1) is 0 Å². The number of hydrogen-bond donors (Lipinski definition) is 2. The molecule has 6 heteroatoms. The number of likely N-dealkylation sites (tertiary alicyclic amines) is 1. The molecule has 0 saturated carbocycles. The quantitative estimate of drug-likeness (QED) is 0.606. The third-order valence-electron chi connectivity index (χ3n) is 3.66. The minimum absolute atomic E-state index is 0.169. The molecule has 0 aromatic carbocycles. The van der Waals surface area contributed by atoms with Gasteiger partial charge in [0, 0.05) is 12.6 Å². The zero-order valence-corrected chi connectivity index (χ0v) is 10.8. The molecule has 0 aromatic heterocycles. The molecule has 0 spiro atoms. The minimum Gasteiger partial charge on any atom is -0.387 e. The lowest BCUT2D eigenvalue weighted by molar-refractivity contribution is -0.161. The fraction of sp³-hybridized carbons (Fsp3) is 0.917. The normalized spacial score (nSPS) is 24.6. The number of nitrogens with zero attached hydrogens (tertiary/aromatic N) is 1. The van der Waals surface area contributed by atoms with E-state index in [0.29, 0.717) is 6.54 Å². The van der Waals surface area contributed by atoms with Gasteiger partial charge >= 0.3 is 6.18 Å². The van der Waals surface area contributed by atoms with Crippen molar-refractivity contribution in [2.75, 3.05) is 13.1 Å². The van der Waals surface area contributed by atoms with Crippen LogP contribution < -0.4 is 5.73 Å². The summed E-state index contributed by atoms with van der Waals surface area (Å²) in [4.78, 5) is 1.87. The maximum Gasteiger partial charge on any atom is 0.399 e. The van der Waals surface area contributed by atoms with Crippen molar-refractivity contribution in [2.24, 2.45) is 11.7 Å². The van der Waals surface area contributed by atoms with Gasteiger partial charge < -0.3 is 5.73 Å². The van der Waals surface area contributed by atoms with E-state index in [9.17, 15) is 13.2 Å². The van der Waals surface area contributed by atoms with Crippen LogP contribution in [0.1, 0.15) is 39.0 Å². The van der Waals surface area contributed by atoms with Gasteiger partial charge in [-0.3, -0.25) is 10.3 Å². The molecule has 3 nitrogen and oxygen atoms in total. The number of amidine groups is 1. The first-order valence-corrected chi connectivity index (χ1v) is 6.51. The highest BCUT2D eigenvalue weighted by molar-refractivity contribution is 5.80. The molecule has 1 aliphatic rings. The maximum absolute atomic E-state index is 12.8. The Morgan fingerprint density at radius 3 is 2.56 bits per heavy atom. The summed E-state index contributed by atoms with van der Waals surface area (Å²) in [5.74, 6) is -2.61. The maximum atomic E-state index is 12.8. The lowest BCUT2D eigenvalue weighted by Gasteiger charge is -2.32. The third-order valence-corrected chi connectivity index (χ3v) is 3.66. The van der Waals surface area contributed by atoms with Gasteiger partial charge in [0.15, 0.2) is 0 Å². The van der Waals surface area contributed by atoms with Crippen molar-refractivity contribution in [1.29, 1.82) is 5.41 Å². The fourth-order valence-electron chi connectivity index (χ4n) is 2.55. The van der Waals surface area contributed by atoms with Gasteiger partial charge in [0.25, 0.3) is 0 Å². The molecule has 0 aromatic rings. The van der Waals surface area contributed by atoms with Crippen molar-refractivity contribution in [1.82, 2.24) is 4.90 Å². The molecule has 0 amide bonds. The Balaban J connectivity index is 2.74. The summed E-state index contributed by atoms with van der Waals surface area (Å²) >= 11 is 0. The van der Waals surface area contributed by atoms with Gasteiger partial charge in [0.2, 0.25) is 0 Å². The van der Waals surface area contributed by atoms with E-state index in [1.54, 1.807) is 0 Å². The van der Waals surface area contributed by atoms with Gasteiger partial charge in [0.1, 0.15) is 11.8 Å². The number of nitrogens with two attached hydrogens (primary N) is 1. The number of rotatable bonds is 4. The van der Waals surface area contributed by atoms with E-state index in [4.69, 9.17) is 11.1 Å². The second-order valence-electron chi connectivity index (χ2n) is 4.96. The summed E-state index contributed by atoms with van der Waals surface area (Å²) in [6, 6.07) is 0.191. The lowest BCUT2D eigenvalue weighted by Crippen LogP contribution is -2.47. The molecule has 3 N–H and O–H groups in total. The van der Waals surface area contributed by atoms with Gasteiger partial charge in [-0.1, -0.05) is 19.8 Å². The van der Waals surface area contributed by atoms with E-state index in [0.717, 1.165) is 32.1 Å². The second kappa shape index (κ2) is 6.41. The van der Waals surface area contributed by atoms with E-state index in [1.165, 1.54) is 0 Å². The van der Waals surface area contributed by atoms with Crippen LogP contribution >= 0.6 is 0 Å². The highest BCUT2D eigenvalue weighted by atomic mass is 19.4. The summed E-state index contributed by atoms with van der Waals surface area (Å²) < 4.78 is 38.4. The van der Waals surface area contributed by atoms with Crippen LogP contribution in [0.25, 0.3) is 0 Å². The molecule has 1 heterocycles. The first kappa shape index (κ1) is 15.3. The molecule has 1 aliphatic heterocycles. The van der Waals surface area contributed by atoms with Crippen LogP contribution in [0, 0.1) is 11.3 Å². The van der Waals surface area contributed by atoms with Gasteiger partial charge in [-0.05, 0) is 25.8 Å². The standard InChI is InChI=1S/C12H22F3N3/c1-2-9-6-4-3-5-7-18(9)8-10(11(16)17)12(13,14)15/h9-10H,2-8H2,1H3,(H3,16,17). The molecular formula is C12H22F3N3. The number of hydrogen-bond acceptors (Lipinski definition) is 2. The Bertz CT molecular complexity index is 278. The predicted molar refractivity (Wildman–Crippen MR) is 65.6 cm³/mol. The van der Waals surface area contributed by atoms with Crippen LogP contribution in [-0.2, 0) is 0 Å². The lowest BCUT2D eigenvalue weighted by atomic mass is 10.0. The van der Waals surface area contributed by atoms with Crippen LogP contribution in [0.4, 0.5) is 13.2 Å². The summed E-state index contributed by atoms with van der Waals surface area (Å²) in [6.07, 6.45) is 0.451. The van der Waals surface area contributed by atoms with E-state index in [2.05, 4.69) is 0 Å². The first-order valence-electron chi connectivity index (χ1n) is 6.51. The van der Waals surface area contributed by atoms with Crippen molar-refractivity contribution < 1.29 is 13.2 Å². The molecule has 1 fully saturated rings. The average Bonchev–Trinajstić information content (AvgIpc) is 2.48. The largest absolute Gasteiger partial charge is 0.399 e. The highest BCUT2D eigenvalue weighted by Gasteiger charge is 2.43. The van der Waals surface area contributed by atoms with Crippen LogP contribution in [0.2, 0.25) is 0 Å². The second-order valence-corrected chi connectivity index (χ2v) is 4.96. The van der Waals surface area contributed by atoms with Gasteiger partial charge in [-0.2, -0.15) is 13.2 Å². The van der Waals surface area contributed by atoms with Crippen LogP contribution in [0.15, 0.2) is 0 Å². The molecule has 2 atom stereocenters. The minimum atomic E-state index is -4.42. The van der Waals surface area contributed by atoms with Gasteiger partial charge in [-0.25, -0.2) is 0 Å². The Morgan fingerprint density at radius 1 is 1.39 bits per heavy atom. The van der Waals surface area contributed by atoms with Gasteiger partial charge in [0.05, 0.1) is 0 Å².